The highest BCUT2D eigenvalue weighted by molar-refractivity contribution is 6.12. The fourth-order valence-electron chi connectivity index (χ4n) is 3.13. The monoisotopic (exact) mass is 386 g/mol. The maximum atomic E-state index is 13.2. The molecule has 5 heteroatoms. The van der Waals surface area contributed by atoms with E-state index in [1.807, 2.05) is 41.5 Å². The molecule has 28 heavy (non-hydrogen) atoms. The van der Waals surface area contributed by atoms with Gasteiger partial charge in [-0.25, -0.2) is 0 Å². The van der Waals surface area contributed by atoms with Crippen LogP contribution in [0.1, 0.15) is 81.4 Å². The quantitative estimate of drug-likeness (QED) is 0.517. The minimum Gasteiger partial charge on any atom is -0.508 e. The van der Waals surface area contributed by atoms with Crippen molar-refractivity contribution in [3.8, 4) is 23.0 Å². The summed E-state index contributed by atoms with van der Waals surface area (Å²) >= 11 is 0. The first kappa shape index (κ1) is 21.6. The number of hydrogen-bond donors (Lipinski definition) is 4. The summed E-state index contributed by atoms with van der Waals surface area (Å²) in [5, 5.41) is 41.1. The van der Waals surface area contributed by atoms with E-state index in [1.165, 1.54) is 12.1 Å². The average molecular weight is 386 g/mol. The van der Waals surface area contributed by atoms with Crippen LogP contribution in [0.4, 0.5) is 0 Å². The molecule has 0 amide bonds. The molecule has 0 saturated carbocycles. The highest BCUT2D eigenvalue weighted by atomic mass is 16.3. The Hall–Kier alpha value is -2.69. The molecule has 0 spiro atoms. The van der Waals surface area contributed by atoms with Crippen LogP contribution < -0.4 is 0 Å². The molecule has 0 saturated heterocycles. The highest BCUT2D eigenvalue weighted by Crippen LogP contribution is 2.41. The van der Waals surface area contributed by atoms with E-state index in [1.54, 1.807) is 0 Å². The molecule has 5 nitrogen and oxygen atoms in total. The minimum absolute atomic E-state index is 0.00410. The Morgan fingerprint density at radius 2 is 1.00 bits per heavy atom. The maximum Gasteiger partial charge on any atom is 0.200 e. The van der Waals surface area contributed by atoms with Crippen LogP contribution in [0.3, 0.4) is 0 Å². The lowest BCUT2D eigenvalue weighted by Crippen LogP contribution is -2.18. The van der Waals surface area contributed by atoms with Gasteiger partial charge in [0.2, 0.25) is 0 Å². The SMILES string of the molecule is CCC(C)(C)c1cc(C(=O)c2cc(C(C)(C)CC)c(O)cc2O)c(O)cc1O. The van der Waals surface area contributed by atoms with Gasteiger partial charge in [-0.05, 0) is 35.8 Å². The maximum absolute atomic E-state index is 13.2. The number of rotatable bonds is 6. The lowest BCUT2D eigenvalue weighted by molar-refractivity contribution is 0.103. The molecule has 0 aromatic heterocycles. The molecular formula is C23H30O5. The molecule has 2 aromatic carbocycles. The van der Waals surface area contributed by atoms with Crippen molar-refractivity contribution in [1.82, 2.24) is 0 Å². The largest absolute Gasteiger partial charge is 0.508 e. The van der Waals surface area contributed by atoms with Crippen LogP contribution in [-0.4, -0.2) is 26.2 Å². The van der Waals surface area contributed by atoms with Crippen LogP contribution >= 0.6 is 0 Å². The zero-order chi connectivity index (χ0) is 21.4. The molecule has 0 fully saturated rings. The topological polar surface area (TPSA) is 98.0 Å². The van der Waals surface area contributed by atoms with Gasteiger partial charge in [-0.1, -0.05) is 41.5 Å². The van der Waals surface area contributed by atoms with Crippen LogP contribution in [0.5, 0.6) is 23.0 Å². The van der Waals surface area contributed by atoms with Crippen molar-refractivity contribution in [3.63, 3.8) is 0 Å². The third-order valence-corrected chi connectivity index (χ3v) is 5.94. The van der Waals surface area contributed by atoms with Gasteiger partial charge in [0.05, 0.1) is 11.1 Å². The van der Waals surface area contributed by atoms with Gasteiger partial charge in [-0.3, -0.25) is 4.79 Å². The Balaban J connectivity index is 2.67. The van der Waals surface area contributed by atoms with Gasteiger partial charge < -0.3 is 20.4 Å². The summed E-state index contributed by atoms with van der Waals surface area (Å²) in [5.41, 5.74) is 0.274. The number of hydrogen-bond acceptors (Lipinski definition) is 5. The molecule has 2 aromatic rings. The summed E-state index contributed by atoms with van der Waals surface area (Å²) in [6.45, 7) is 11.7. The summed E-state index contributed by atoms with van der Waals surface area (Å²) in [6, 6.07) is 5.28. The predicted molar refractivity (Wildman–Crippen MR) is 110 cm³/mol. The zero-order valence-corrected chi connectivity index (χ0v) is 17.4. The molecule has 0 unspecified atom stereocenters. The molecule has 2 rings (SSSR count). The Bertz CT molecular complexity index is 836. The second kappa shape index (κ2) is 7.38. The van der Waals surface area contributed by atoms with Crippen molar-refractivity contribution in [2.45, 2.75) is 65.2 Å². The molecule has 0 aliphatic rings. The third-order valence-electron chi connectivity index (χ3n) is 5.94. The summed E-state index contributed by atoms with van der Waals surface area (Å²) in [4.78, 5) is 13.2. The van der Waals surface area contributed by atoms with Gasteiger partial charge in [0.15, 0.2) is 5.78 Å². The van der Waals surface area contributed by atoms with Crippen LogP contribution in [0.25, 0.3) is 0 Å². The Labute approximate surface area is 166 Å². The Morgan fingerprint density at radius 1 is 0.679 bits per heavy atom. The van der Waals surface area contributed by atoms with Crippen molar-refractivity contribution >= 4 is 5.78 Å². The van der Waals surface area contributed by atoms with Crippen molar-refractivity contribution in [1.29, 1.82) is 0 Å². The summed E-state index contributed by atoms with van der Waals surface area (Å²) in [7, 11) is 0. The molecule has 0 radical (unpaired) electrons. The number of carbonyl (C=O) groups is 1. The van der Waals surface area contributed by atoms with E-state index in [0.717, 1.165) is 25.0 Å². The molecule has 4 N–H and O–H groups in total. The van der Waals surface area contributed by atoms with Crippen molar-refractivity contribution in [2.75, 3.05) is 0 Å². The number of ketones is 1. The van der Waals surface area contributed by atoms with E-state index in [2.05, 4.69) is 0 Å². The predicted octanol–water partition coefficient (Wildman–Crippen LogP) is 5.12. The second-order valence-corrected chi connectivity index (χ2v) is 8.58. The lowest BCUT2D eigenvalue weighted by atomic mass is 9.79. The first-order valence-corrected chi connectivity index (χ1v) is 9.53. The first-order valence-electron chi connectivity index (χ1n) is 9.53. The minimum atomic E-state index is -0.573. The van der Waals surface area contributed by atoms with Gasteiger partial charge >= 0.3 is 0 Å². The van der Waals surface area contributed by atoms with E-state index in [0.29, 0.717) is 11.1 Å². The van der Waals surface area contributed by atoms with Crippen LogP contribution in [0.2, 0.25) is 0 Å². The highest BCUT2D eigenvalue weighted by Gasteiger charge is 2.29. The molecule has 0 heterocycles. The van der Waals surface area contributed by atoms with Crippen molar-refractivity contribution in [3.05, 3.63) is 46.5 Å². The number of phenolic OH excluding ortho intramolecular Hbond substituents is 4. The molecule has 0 bridgehead atoms. The van der Waals surface area contributed by atoms with Gasteiger partial charge in [-0.2, -0.15) is 0 Å². The standard InChI is InChI=1S/C23H30O5/c1-7-22(3,4)15-9-13(17(24)11-19(15)26)21(28)14-10-16(23(5,6)8-2)20(27)12-18(14)25/h9-12,24-27H,7-8H2,1-6H3. The van der Waals surface area contributed by atoms with Gasteiger partial charge in [0.25, 0.3) is 0 Å². The van der Waals surface area contributed by atoms with Crippen LogP contribution in [-0.2, 0) is 10.8 Å². The summed E-state index contributed by atoms with van der Waals surface area (Å²) in [5.74, 6) is -1.45. The zero-order valence-electron chi connectivity index (χ0n) is 17.4. The fourth-order valence-corrected chi connectivity index (χ4v) is 3.13. The average Bonchev–Trinajstić information content (AvgIpc) is 2.60. The van der Waals surface area contributed by atoms with Gasteiger partial charge in [0.1, 0.15) is 23.0 Å². The Morgan fingerprint density at radius 3 is 1.29 bits per heavy atom. The van der Waals surface area contributed by atoms with E-state index in [4.69, 9.17) is 0 Å². The summed E-state index contributed by atoms with van der Waals surface area (Å²) < 4.78 is 0. The van der Waals surface area contributed by atoms with E-state index >= 15 is 0 Å². The lowest BCUT2D eigenvalue weighted by Gasteiger charge is -2.26. The number of phenols is 4. The van der Waals surface area contributed by atoms with Crippen molar-refractivity contribution < 1.29 is 25.2 Å². The number of aromatic hydroxyl groups is 4. The molecule has 152 valence electrons. The molecule has 0 aliphatic carbocycles. The van der Waals surface area contributed by atoms with E-state index in [-0.39, 0.29) is 34.1 Å². The summed E-state index contributed by atoms with van der Waals surface area (Å²) in [6.07, 6.45) is 1.44. The normalized spacial score (nSPS) is 12.2. The molecule has 0 atom stereocenters. The van der Waals surface area contributed by atoms with Crippen molar-refractivity contribution in [2.24, 2.45) is 0 Å². The number of benzene rings is 2. The third kappa shape index (κ3) is 3.79. The van der Waals surface area contributed by atoms with E-state index in [9.17, 15) is 25.2 Å². The smallest absolute Gasteiger partial charge is 0.200 e. The number of carbonyl (C=O) groups excluding carboxylic acids is 1. The Kier molecular flexibility index (Phi) is 5.69. The molecule has 0 aliphatic heterocycles. The second-order valence-electron chi connectivity index (χ2n) is 8.58. The van der Waals surface area contributed by atoms with Gasteiger partial charge in [-0.15, -0.1) is 0 Å². The molecular weight excluding hydrogens is 356 g/mol. The van der Waals surface area contributed by atoms with Crippen LogP contribution in [0.15, 0.2) is 24.3 Å². The fraction of sp³-hybridized carbons (Fsp3) is 0.435. The first-order chi connectivity index (χ1) is 12.9. The van der Waals surface area contributed by atoms with Gasteiger partial charge in [0, 0.05) is 23.3 Å². The van der Waals surface area contributed by atoms with Crippen LogP contribution in [0, 0.1) is 0 Å². The van der Waals surface area contributed by atoms with E-state index < -0.39 is 16.6 Å².